The van der Waals surface area contributed by atoms with Crippen LogP contribution in [0.2, 0.25) is 0 Å². The van der Waals surface area contributed by atoms with Gasteiger partial charge in [0.1, 0.15) is 0 Å². The highest BCUT2D eigenvalue weighted by Crippen LogP contribution is 2.23. The molecule has 0 spiro atoms. The van der Waals surface area contributed by atoms with Gasteiger partial charge in [0.15, 0.2) is 5.58 Å². The molecule has 0 saturated carbocycles. The van der Waals surface area contributed by atoms with E-state index in [0.29, 0.717) is 0 Å². The summed E-state index contributed by atoms with van der Waals surface area (Å²) in [6.07, 6.45) is 1.78. The predicted octanol–water partition coefficient (Wildman–Crippen LogP) is 2.68. The third-order valence-electron chi connectivity index (χ3n) is 2.38. The topological polar surface area (TPSA) is 38.9 Å². The Balaban J connectivity index is 2.54. The number of hydrogen-bond acceptors (Lipinski definition) is 3. The van der Waals surface area contributed by atoms with Gasteiger partial charge in [-0.25, -0.2) is 0 Å². The van der Waals surface area contributed by atoms with Crippen LogP contribution in [0.25, 0.3) is 21.9 Å². The Morgan fingerprint density at radius 2 is 2.21 bits per heavy atom. The summed E-state index contributed by atoms with van der Waals surface area (Å²) < 4.78 is 5.17. The molecule has 0 fully saturated rings. The molecule has 68 valence electrons. The molecule has 0 amide bonds. The van der Waals surface area contributed by atoms with Crippen molar-refractivity contribution in [1.82, 2.24) is 10.1 Å². The summed E-state index contributed by atoms with van der Waals surface area (Å²) in [6.45, 7) is 1.94. The maximum absolute atomic E-state index is 5.17. The molecule has 0 saturated heterocycles. The Labute approximate surface area is 80.3 Å². The molecule has 2 aromatic heterocycles. The Bertz CT molecular complexity index is 613. The Morgan fingerprint density at radius 1 is 1.29 bits per heavy atom. The van der Waals surface area contributed by atoms with E-state index in [2.05, 4.69) is 16.2 Å². The average Bonchev–Trinajstić information content (AvgIpc) is 2.57. The second-order valence-corrected chi connectivity index (χ2v) is 3.31. The highest BCUT2D eigenvalue weighted by atomic mass is 16.5. The highest BCUT2D eigenvalue weighted by Gasteiger charge is 2.05. The molecule has 0 unspecified atom stereocenters. The third kappa shape index (κ3) is 0.923. The van der Waals surface area contributed by atoms with Crippen molar-refractivity contribution in [3.63, 3.8) is 0 Å². The third-order valence-corrected chi connectivity index (χ3v) is 2.38. The summed E-state index contributed by atoms with van der Waals surface area (Å²) in [6, 6.07) is 7.94. The fraction of sp³-hybridized carbons (Fsp3) is 0.0909. The van der Waals surface area contributed by atoms with Crippen molar-refractivity contribution >= 4 is 21.9 Å². The van der Waals surface area contributed by atoms with E-state index in [4.69, 9.17) is 4.52 Å². The molecule has 0 radical (unpaired) electrons. The van der Waals surface area contributed by atoms with Crippen molar-refractivity contribution in [2.75, 3.05) is 0 Å². The van der Waals surface area contributed by atoms with Crippen LogP contribution in [0.15, 0.2) is 35.0 Å². The van der Waals surface area contributed by atoms with E-state index in [-0.39, 0.29) is 0 Å². The standard InChI is InChI=1S/C11H8N2O/c1-7-9-5-8-3-2-4-12-10(8)6-11(9)14-13-7/h2-6H,1H3. The molecule has 0 aliphatic heterocycles. The summed E-state index contributed by atoms with van der Waals surface area (Å²) in [4.78, 5) is 4.25. The van der Waals surface area contributed by atoms with Crippen LogP contribution >= 0.6 is 0 Å². The van der Waals surface area contributed by atoms with Crippen molar-refractivity contribution in [1.29, 1.82) is 0 Å². The van der Waals surface area contributed by atoms with Crippen molar-refractivity contribution in [3.8, 4) is 0 Å². The van der Waals surface area contributed by atoms with Gasteiger partial charge in [0.25, 0.3) is 0 Å². The van der Waals surface area contributed by atoms with E-state index in [9.17, 15) is 0 Å². The van der Waals surface area contributed by atoms with Gasteiger partial charge in [-0.1, -0.05) is 11.2 Å². The maximum Gasteiger partial charge on any atom is 0.169 e. The van der Waals surface area contributed by atoms with Crippen molar-refractivity contribution < 1.29 is 4.52 Å². The Hall–Kier alpha value is -1.90. The first-order chi connectivity index (χ1) is 6.84. The quantitative estimate of drug-likeness (QED) is 0.539. The number of fused-ring (bicyclic) bond motifs is 2. The van der Waals surface area contributed by atoms with Crippen LogP contribution in [-0.2, 0) is 0 Å². The second kappa shape index (κ2) is 2.54. The lowest BCUT2D eigenvalue weighted by molar-refractivity contribution is 0.450. The first-order valence-corrected chi connectivity index (χ1v) is 4.45. The minimum Gasteiger partial charge on any atom is -0.356 e. The zero-order chi connectivity index (χ0) is 9.54. The van der Waals surface area contributed by atoms with Crippen LogP contribution in [0.4, 0.5) is 0 Å². The lowest BCUT2D eigenvalue weighted by Gasteiger charge is -1.94. The molecule has 0 aliphatic carbocycles. The number of aromatic nitrogens is 2. The SMILES string of the molecule is Cc1noc2cc3ncccc3cc12. The number of pyridine rings is 1. The van der Waals surface area contributed by atoms with Gasteiger partial charge in [-0.15, -0.1) is 0 Å². The van der Waals surface area contributed by atoms with E-state index < -0.39 is 0 Å². The summed E-state index contributed by atoms with van der Waals surface area (Å²) in [5, 5.41) is 6.09. The second-order valence-electron chi connectivity index (χ2n) is 3.31. The largest absolute Gasteiger partial charge is 0.356 e. The molecule has 0 atom stereocenters. The summed E-state index contributed by atoms with van der Waals surface area (Å²) in [5.74, 6) is 0. The van der Waals surface area contributed by atoms with Crippen molar-refractivity contribution in [3.05, 3.63) is 36.2 Å². The lowest BCUT2D eigenvalue weighted by atomic mass is 10.1. The van der Waals surface area contributed by atoms with Gasteiger partial charge in [0.2, 0.25) is 0 Å². The van der Waals surface area contributed by atoms with E-state index in [1.54, 1.807) is 6.20 Å². The van der Waals surface area contributed by atoms with E-state index in [1.807, 2.05) is 25.1 Å². The molecule has 14 heavy (non-hydrogen) atoms. The van der Waals surface area contributed by atoms with E-state index in [0.717, 1.165) is 27.6 Å². The summed E-state index contributed by atoms with van der Waals surface area (Å²) in [7, 11) is 0. The smallest absolute Gasteiger partial charge is 0.169 e. The molecule has 3 heteroatoms. The van der Waals surface area contributed by atoms with E-state index in [1.165, 1.54) is 0 Å². The number of aryl methyl sites for hydroxylation is 1. The van der Waals surface area contributed by atoms with Gasteiger partial charge < -0.3 is 4.52 Å². The Kier molecular flexibility index (Phi) is 1.36. The van der Waals surface area contributed by atoms with Gasteiger partial charge >= 0.3 is 0 Å². The minimum atomic E-state index is 0.800. The fourth-order valence-electron chi connectivity index (χ4n) is 1.63. The summed E-state index contributed by atoms with van der Waals surface area (Å²) in [5.41, 5.74) is 2.66. The minimum absolute atomic E-state index is 0.800. The van der Waals surface area contributed by atoms with Crippen LogP contribution in [-0.4, -0.2) is 10.1 Å². The van der Waals surface area contributed by atoms with Crippen molar-refractivity contribution in [2.24, 2.45) is 0 Å². The van der Waals surface area contributed by atoms with Gasteiger partial charge in [-0.3, -0.25) is 4.98 Å². The number of benzene rings is 1. The molecule has 2 heterocycles. The molecular weight excluding hydrogens is 176 g/mol. The van der Waals surface area contributed by atoms with Crippen LogP contribution in [0.3, 0.4) is 0 Å². The molecule has 0 aliphatic rings. The van der Waals surface area contributed by atoms with E-state index >= 15 is 0 Å². The lowest BCUT2D eigenvalue weighted by Crippen LogP contribution is -1.77. The highest BCUT2D eigenvalue weighted by molar-refractivity contribution is 5.94. The molecular formula is C11H8N2O. The first kappa shape index (κ1) is 7.50. The summed E-state index contributed by atoms with van der Waals surface area (Å²) >= 11 is 0. The molecule has 1 aromatic carbocycles. The van der Waals surface area contributed by atoms with Crippen LogP contribution < -0.4 is 0 Å². The number of rotatable bonds is 0. The van der Waals surface area contributed by atoms with Gasteiger partial charge in [-0.05, 0) is 19.1 Å². The van der Waals surface area contributed by atoms with Crippen LogP contribution in [0.5, 0.6) is 0 Å². The van der Waals surface area contributed by atoms with Gasteiger partial charge in [0, 0.05) is 23.0 Å². The molecule has 3 aromatic rings. The van der Waals surface area contributed by atoms with Gasteiger partial charge in [0.05, 0.1) is 11.2 Å². The zero-order valence-corrected chi connectivity index (χ0v) is 7.69. The van der Waals surface area contributed by atoms with Crippen LogP contribution in [0, 0.1) is 6.92 Å². The van der Waals surface area contributed by atoms with Crippen LogP contribution in [0.1, 0.15) is 5.69 Å². The molecule has 3 rings (SSSR count). The number of hydrogen-bond donors (Lipinski definition) is 0. The normalized spacial score (nSPS) is 11.2. The zero-order valence-electron chi connectivity index (χ0n) is 7.69. The number of nitrogens with zero attached hydrogens (tertiary/aromatic N) is 2. The fourth-order valence-corrected chi connectivity index (χ4v) is 1.63. The molecule has 0 N–H and O–H groups in total. The monoisotopic (exact) mass is 184 g/mol. The Morgan fingerprint density at radius 3 is 3.14 bits per heavy atom. The molecule has 0 bridgehead atoms. The van der Waals surface area contributed by atoms with Crippen molar-refractivity contribution in [2.45, 2.75) is 6.92 Å². The maximum atomic E-state index is 5.17. The average molecular weight is 184 g/mol. The first-order valence-electron chi connectivity index (χ1n) is 4.45. The molecule has 3 nitrogen and oxygen atoms in total. The predicted molar refractivity (Wildman–Crippen MR) is 54.0 cm³/mol. The van der Waals surface area contributed by atoms with Gasteiger partial charge in [-0.2, -0.15) is 0 Å².